The topological polar surface area (TPSA) is 140 Å². The van der Waals surface area contributed by atoms with E-state index in [1.807, 2.05) is 18.2 Å². The summed E-state index contributed by atoms with van der Waals surface area (Å²) in [5.74, 6) is -0.00853. The summed E-state index contributed by atoms with van der Waals surface area (Å²) in [7, 11) is 3.16. The number of aromatic nitrogens is 2. The van der Waals surface area contributed by atoms with Crippen LogP contribution in [-0.4, -0.2) is 59.9 Å². The molecule has 1 aromatic carbocycles. The van der Waals surface area contributed by atoms with Gasteiger partial charge in [-0.3, -0.25) is 14.4 Å². The Balaban J connectivity index is 1.32. The number of thiazole rings is 1. The third-order valence-electron chi connectivity index (χ3n) is 5.68. The van der Waals surface area contributed by atoms with Crippen molar-refractivity contribution in [3.8, 4) is 22.8 Å². The largest absolute Gasteiger partial charge is 0.493 e. The van der Waals surface area contributed by atoms with Crippen molar-refractivity contribution >= 4 is 34.2 Å². The van der Waals surface area contributed by atoms with E-state index >= 15 is 0 Å². The highest BCUT2D eigenvalue weighted by molar-refractivity contribution is 7.14. The number of nitrogens with one attached hydrogen (secondary N) is 2. The van der Waals surface area contributed by atoms with Crippen LogP contribution in [0.5, 0.6) is 11.5 Å². The average Bonchev–Trinajstić information content (AvgIpc) is 3.57. The summed E-state index contributed by atoms with van der Waals surface area (Å²) in [4.78, 5) is 45.4. The molecule has 1 fully saturated rings. The highest BCUT2D eigenvalue weighted by Gasteiger charge is 2.34. The number of benzene rings is 1. The van der Waals surface area contributed by atoms with Crippen molar-refractivity contribution in [2.75, 3.05) is 32.6 Å². The van der Waals surface area contributed by atoms with Crippen LogP contribution in [-0.2, 0) is 16.0 Å². The summed E-state index contributed by atoms with van der Waals surface area (Å²) >= 11 is 1.27. The van der Waals surface area contributed by atoms with Crippen molar-refractivity contribution in [3.63, 3.8) is 0 Å². The second kappa shape index (κ2) is 9.96. The molecule has 10 nitrogen and oxygen atoms in total. The number of methoxy groups -OCH3 is 2. The van der Waals surface area contributed by atoms with Crippen molar-refractivity contribution in [2.45, 2.75) is 12.8 Å². The van der Waals surface area contributed by atoms with Gasteiger partial charge in [0.25, 0.3) is 5.91 Å². The van der Waals surface area contributed by atoms with Gasteiger partial charge in [-0.25, -0.2) is 4.98 Å². The van der Waals surface area contributed by atoms with E-state index < -0.39 is 11.8 Å². The Morgan fingerprint density at radius 1 is 1.26 bits per heavy atom. The number of hydrogen-bond donors (Lipinski definition) is 3. The van der Waals surface area contributed by atoms with Crippen molar-refractivity contribution in [1.82, 2.24) is 14.9 Å². The van der Waals surface area contributed by atoms with E-state index in [0.717, 1.165) is 5.56 Å². The van der Waals surface area contributed by atoms with Crippen LogP contribution in [0.2, 0.25) is 0 Å². The fourth-order valence-electron chi connectivity index (χ4n) is 3.82. The second-order valence-electron chi connectivity index (χ2n) is 7.87. The van der Waals surface area contributed by atoms with Crippen molar-refractivity contribution in [3.05, 3.63) is 47.1 Å². The minimum atomic E-state index is -0.559. The zero-order valence-electron chi connectivity index (χ0n) is 18.8. The van der Waals surface area contributed by atoms with E-state index in [-0.39, 0.29) is 23.9 Å². The first-order chi connectivity index (χ1) is 16.4. The lowest BCUT2D eigenvalue weighted by Crippen LogP contribution is -2.30. The van der Waals surface area contributed by atoms with Gasteiger partial charge in [-0.05, 0) is 30.2 Å². The lowest BCUT2D eigenvalue weighted by atomic mass is 10.1. The molecule has 1 unspecified atom stereocenters. The number of hydrogen-bond acceptors (Lipinski definition) is 7. The number of anilines is 1. The molecule has 0 saturated carbocycles. The third kappa shape index (κ3) is 5.04. The summed E-state index contributed by atoms with van der Waals surface area (Å²) in [6, 6.07) is 7.26. The molecule has 0 aliphatic carbocycles. The Morgan fingerprint density at radius 2 is 2.06 bits per heavy atom. The summed E-state index contributed by atoms with van der Waals surface area (Å²) in [6.45, 7) is 0.866. The minimum Gasteiger partial charge on any atom is -0.493 e. The fraction of sp³-hybridized carbons (Fsp3) is 0.304. The predicted molar refractivity (Wildman–Crippen MR) is 127 cm³/mol. The van der Waals surface area contributed by atoms with E-state index in [2.05, 4.69) is 15.3 Å². The van der Waals surface area contributed by atoms with Crippen LogP contribution in [0.1, 0.15) is 22.5 Å². The normalized spacial score (nSPS) is 15.4. The lowest BCUT2D eigenvalue weighted by Gasteiger charge is -2.17. The fourth-order valence-corrected chi connectivity index (χ4v) is 4.54. The smallest absolute Gasteiger partial charge is 0.265 e. The molecule has 3 amide bonds. The molecular weight excluding hydrogens is 458 g/mol. The van der Waals surface area contributed by atoms with Gasteiger partial charge in [-0.15, -0.1) is 11.3 Å². The summed E-state index contributed by atoms with van der Waals surface area (Å²) in [5, 5.41) is 5.01. The van der Waals surface area contributed by atoms with Gasteiger partial charge in [-0.2, -0.15) is 0 Å². The van der Waals surface area contributed by atoms with Gasteiger partial charge < -0.3 is 30.4 Å². The van der Waals surface area contributed by atoms with E-state index in [1.54, 1.807) is 36.8 Å². The van der Waals surface area contributed by atoms with Gasteiger partial charge >= 0.3 is 0 Å². The summed E-state index contributed by atoms with van der Waals surface area (Å²) in [6.07, 6.45) is 2.43. The van der Waals surface area contributed by atoms with Crippen LogP contribution < -0.4 is 20.5 Å². The van der Waals surface area contributed by atoms with Crippen LogP contribution in [0.4, 0.5) is 5.13 Å². The van der Waals surface area contributed by atoms with Gasteiger partial charge in [0.05, 0.1) is 25.8 Å². The number of primary amides is 1. The first-order valence-electron chi connectivity index (χ1n) is 10.6. The standard InChI is InChI=1S/C23H25N5O5S/c1-32-18-4-3-13(7-19(18)33-2)5-6-28-11-15(9-20(28)29)22(31)27-23-26-17(12-34-23)14-8-16(21(24)30)25-10-14/h3-4,7-8,10,12,15,25H,5-6,9,11H2,1-2H3,(H2,24,30)(H,26,27,31). The monoisotopic (exact) mass is 483 g/mol. The molecule has 178 valence electrons. The first kappa shape index (κ1) is 23.3. The molecule has 3 aromatic rings. The van der Waals surface area contributed by atoms with Gasteiger partial charge in [-0.1, -0.05) is 6.07 Å². The van der Waals surface area contributed by atoms with Crippen LogP contribution in [0.3, 0.4) is 0 Å². The molecule has 4 rings (SSSR count). The molecule has 34 heavy (non-hydrogen) atoms. The van der Waals surface area contributed by atoms with Gasteiger partial charge in [0.2, 0.25) is 11.8 Å². The molecule has 1 aliphatic rings. The quantitative estimate of drug-likeness (QED) is 0.427. The molecule has 1 saturated heterocycles. The molecule has 1 atom stereocenters. The Morgan fingerprint density at radius 3 is 2.76 bits per heavy atom. The van der Waals surface area contributed by atoms with Crippen LogP contribution in [0, 0.1) is 5.92 Å². The van der Waals surface area contributed by atoms with E-state index in [4.69, 9.17) is 15.2 Å². The number of aromatic amines is 1. The van der Waals surface area contributed by atoms with Crippen LogP contribution >= 0.6 is 11.3 Å². The van der Waals surface area contributed by atoms with E-state index in [0.29, 0.717) is 47.4 Å². The van der Waals surface area contributed by atoms with E-state index in [9.17, 15) is 14.4 Å². The molecule has 11 heteroatoms. The number of nitrogens with two attached hydrogens (primary N) is 1. The molecule has 3 heterocycles. The average molecular weight is 484 g/mol. The zero-order chi connectivity index (χ0) is 24.2. The highest BCUT2D eigenvalue weighted by atomic mass is 32.1. The number of H-pyrrole nitrogens is 1. The highest BCUT2D eigenvalue weighted by Crippen LogP contribution is 2.29. The third-order valence-corrected chi connectivity index (χ3v) is 6.44. The maximum absolute atomic E-state index is 12.8. The molecule has 2 aromatic heterocycles. The molecule has 0 bridgehead atoms. The summed E-state index contributed by atoms with van der Waals surface area (Å²) in [5.41, 5.74) is 7.87. The van der Waals surface area contributed by atoms with Gasteiger partial charge in [0, 0.05) is 36.7 Å². The first-order valence-corrected chi connectivity index (χ1v) is 11.5. The van der Waals surface area contributed by atoms with E-state index in [1.165, 1.54) is 11.3 Å². The Hall–Kier alpha value is -3.86. The SMILES string of the molecule is COc1ccc(CCN2CC(C(=O)Nc3nc(-c4c[nH]c(C(N)=O)c4)cs3)CC2=O)cc1OC. The number of likely N-dealkylation sites (tertiary alicyclic amines) is 1. The number of amides is 3. The maximum Gasteiger partial charge on any atom is 0.265 e. The Kier molecular flexibility index (Phi) is 6.82. The number of nitrogens with zero attached hydrogens (tertiary/aromatic N) is 2. The Labute approximate surface area is 200 Å². The van der Waals surface area contributed by atoms with Gasteiger partial charge in [0.1, 0.15) is 5.69 Å². The number of carbonyl (C=O) groups is 3. The summed E-state index contributed by atoms with van der Waals surface area (Å²) < 4.78 is 10.6. The molecule has 4 N–H and O–H groups in total. The minimum absolute atomic E-state index is 0.0493. The van der Waals surface area contributed by atoms with Gasteiger partial charge in [0.15, 0.2) is 16.6 Å². The molecule has 0 radical (unpaired) electrons. The van der Waals surface area contributed by atoms with Crippen molar-refractivity contribution in [1.29, 1.82) is 0 Å². The number of carbonyl (C=O) groups excluding carboxylic acids is 3. The van der Waals surface area contributed by atoms with Crippen molar-refractivity contribution < 1.29 is 23.9 Å². The molecule has 0 spiro atoms. The lowest BCUT2D eigenvalue weighted by molar-refractivity contribution is -0.128. The molecule has 1 aliphatic heterocycles. The molecular formula is C23H25N5O5S. The number of rotatable bonds is 9. The van der Waals surface area contributed by atoms with Crippen molar-refractivity contribution in [2.24, 2.45) is 11.7 Å². The Bertz CT molecular complexity index is 1220. The maximum atomic E-state index is 12.8. The predicted octanol–water partition coefficient (Wildman–Crippen LogP) is 2.28. The zero-order valence-corrected chi connectivity index (χ0v) is 19.6. The second-order valence-corrected chi connectivity index (χ2v) is 8.73. The number of ether oxygens (including phenoxy) is 2. The van der Waals surface area contributed by atoms with Crippen LogP contribution in [0.25, 0.3) is 11.3 Å². The van der Waals surface area contributed by atoms with Crippen LogP contribution in [0.15, 0.2) is 35.8 Å².